The maximum absolute atomic E-state index is 12.3. The summed E-state index contributed by atoms with van der Waals surface area (Å²) in [7, 11) is -0.944. The molecule has 0 aromatic heterocycles. The van der Waals surface area contributed by atoms with E-state index in [0.717, 1.165) is 11.1 Å². The highest BCUT2D eigenvalue weighted by Gasteiger charge is 2.13. The van der Waals surface area contributed by atoms with Crippen LogP contribution >= 0.6 is 11.6 Å². The molecule has 1 nitrogen and oxygen atoms in total. The highest BCUT2D eigenvalue weighted by Crippen LogP contribution is 2.23. The molecular weight excluding hydrogens is 300 g/mol. The van der Waals surface area contributed by atoms with Crippen molar-refractivity contribution in [3.63, 3.8) is 0 Å². The van der Waals surface area contributed by atoms with E-state index < -0.39 is 10.8 Å². The molecule has 0 spiro atoms. The van der Waals surface area contributed by atoms with Gasteiger partial charge >= 0.3 is 0 Å². The van der Waals surface area contributed by atoms with Crippen molar-refractivity contribution >= 4 is 22.4 Å². The van der Waals surface area contributed by atoms with Crippen LogP contribution in [0.25, 0.3) is 0 Å². The summed E-state index contributed by atoms with van der Waals surface area (Å²) in [5.41, 5.74) is 3.50. The summed E-state index contributed by atoms with van der Waals surface area (Å²) in [6.45, 7) is 6.58. The molecule has 0 bridgehead atoms. The fourth-order valence-electron chi connectivity index (χ4n) is 2.13. The highest BCUT2D eigenvalue weighted by atomic mass is 35.5. The second kappa shape index (κ2) is 6.76. The molecule has 3 heteroatoms. The van der Waals surface area contributed by atoms with Crippen LogP contribution in [0, 0.1) is 0 Å². The molecule has 0 saturated heterocycles. The van der Waals surface area contributed by atoms with Crippen LogP contribution < -0.4 is 0 Å². The van der Waals surface area contributed by atoms with E-state index >= 15 is 0 Å². The summed E-state index contributed by atoms with van der Waals surface area (Å²) in [6.07, 6.45) is 0. The molecule has 1 atom stereocenters. The van der Waals surface area contributed by atoms with Gasteiger partial charge in [0.1, 0.15) is 0 Å². The molecule has 0 heterocycles. The molecular formula is C18H21ClOS. The molecule has 0 saturated carbocycles. The Morgan fingerprint density at radius 1 is 0.952 bits per heavy atom. The lowest BCUT2D eigenvalue weighted by Gasteiger charge is -2.19. The van der Waals surface area contributed by atoms with E-state index in [-0.39, 0.29) is 5.41 Å². The Labute approximate surface area is 134 Å². The summed E-state index contributed by atoms with van der Waals surface area (Å²) in [6, 6.07) is 16.0. The van der Waals surface area contributed by atoms with Crippen molar-refractivity contribution in [3.8, 4) is 0 Å². The van der Waals surface area contributed by atoms with E-state index in [2.05, 4.69) is 45.0 Å². The molecule has 0 N–H and O–H groups in total. The average Bonchev–Trinajstić information content (AvgIpc) is 2.41. The Hall–Kier alpha value is -1.12. The molecule has 21 heavy (non-hydrogen) atoms. The van der Waals surface area contributed by atoms with Gasteiger partial charge in [0.15, 0.2) is 0 Å². The molecule has 0 unspecified atom stereocenters. The van der Waals surface area contributed by atoms with E-state index in [1.165, 1.54) is 5.56 Å². The Bertz CT molecular complexity index is 626. The van der Waals surface area contributed by atoms with Crippen LogP contribution in [0.5, 0.6) is 0 Å². The van der Waals surface area contributed by atoms with Crippen molar-refractivity contribution in [2.75, 3.05) is 0 Å². The van der Waals surface area contributed by atoms with E-state index in [4.69, 9.17) is 11.6 Å². The van der Waals surface area contributed by atoms with E-state index in [1.807, 2.05) is 24.3 Å². The smallest absolute Gasteiger partial charge is 0.0503 e. The maximum atomic E-state index is 12.3. The maximum Gasteiger partial charge on any atom is 0.0503 e. The van der Waals surface area contributed by atoms with Crippen LogP contribution in [-0.2, 0) is 27.7 Å². The standard InChI is InChI=1S/C18H21ClOS/c1-18(2,3)16-10-8-14(9-11-16)12-21(20)13-15-6-4-5-7-17(15)19/h4-11H,12-13H2,1-3H3/t21-/m1/s1. The van der Waals surface area contributed by atoms with E-state index in [1.54, 1.807) is 0 Å². The second-order valence-corrected chi connectivity index (χ2v) is 8.13. The first-order chi connectivity index (χ1) is 9.86. The van der Waals surface area contributed by atoms with Gasteiger partial charge in [0.2, 0.25) is 0 Å². The lowest BCUT2D eigenvalue weighted by Crippen LogP contribution is -2.10. The zero-order valence-corrected chi connectivity index (χ0v) is 14.3. The first-order valence-electron chi connectivity index (χ1n) is 7.04. The average molecular weight is 321 g/mol. The van der Waals surface area contributed by atoms with Gasteiger partial charge in [-0.3, -0.25) is 4.21 Å². The van der Waals surface area contributed by atoms with Gasteiger partial charge in [-0.05, 0) is 28.2 Å². The van der Waals surface area contributed by atoms with E-state index in [9.17, 15) is 4.21 Å². The van der Waals surface area contributed by atoms with Gasteiger partial charge in [0.05, 0.1) is 5.75 Å². The normalized spacial score (nSPS) is 13.1. The van der Waals surface area contributed by atoms with Crippen LogP contribution in [0.3, 0.4) is 0 Å². The number of hydrogen-bond acceptors (Lipinski definition) is 1. The van der Waals surface area contributed by atoms with Gasteiger partial charge in [-0.15, -0.1) is 0 Å². The van der Waals surface area contributed by atoms with Gasteiger partial charge in [-0.2, -0.15) is 0 Å². The molecule has 0 amide bonds. The van der Waals surface area contributed by atoms with Crippen LogP contribution in [0.1, 0.15) is 37.5 Å². The fraction of sp³-hybridized carbons (Fsp3) is 0.333. The Morgan fingerprint density at radius 2 is 1.57 bits per heavy atom. The van der Waals surface area contributed by atoms with Crippen molar-refractivity contribution in [1.82, 2.24) is 0 Å². The summed E-state index contributed by atoms with van der Waals surface area (Å²) in [4.78, 5) is 0. The topological polar surface area (TPSA) is 17.1 Å². The fourth-order valence-corrected chi connectivity index (χ4v) is 3.67. The number of benzene rings is 2. The lowest BCUT2D eigenvalue weighted by atomic mass is 9.87. The molecule has 0 aliphatic heterocycles. The quantitative estimate of drug-likeness (QED) is 0.767. The Morgan fingerprint density at radius 3 is 2.14 bits per heavy atom. The minimum atomic E-state index is -0.944. The van der Waals surface area contributed by atoms with Gasteiger partial charge < -0.3 is 0 Å². The van der Waals surface area contributed by atoms with Crippen molar-refractivity contribution < 1.29 is 4.21 Å². The monoisotopic (exact) mass is 320 g/mol. The van der Waals surface area contributed by atoms with Crippen molar-refractivity contribution in [2.45, 2.75) is 37.7 Å². The molecule has 2 aromatic rings. The van der Waals surface area contributed by atoms with Gasteiger partial charge in [0, 0.05) is 21.6 Å². The van der Waals surface area contributed by atoms with Gasteiger partial charge in [-0.25, -0.2) is 0 Å². The number of hydrogen-bond donors (Lipinski definition) is 0. The third kappa shape index (κ3) is 4.69. The highest BCUT2D eigenvalue weighted by molar-refractivity contribution is 7.83. The lowest BCUT2D eigenvalue weighted by molar-refractivity contribution is 0.590. The summed E-state index contributed by atoms with van der Waals surface area (Å²) < 4.78 is 12.3. The minimum Gasteiger partial charge on any atom is -0.259 e. The van der Waals surface area contributed by atoms with Crippen LogP contribution in [-0.4, -0.2) is 4.21 Å². The summed E-state index contributed by atoms with van der Waals surface area (Å²) in [5, 5.41) is 0.689. The third-order valence-electron chi connectivity index (χ3n) is 3.42. The molecule has 0 radical (unpaired) electrons. The molecule has 2 rings (SSSR count). The molecule has 2 aromatic carbocycles. The SMILES string of the molecule is CC(C)(C)c1ccc(C[S@@](=O)Cc2ccccc2Cl)cc1. The zero-order chi connectivity index (χ0) is 15.5. The first-order valence-corrected chi connectivity index (χ1v) is 8.90. The molecule has 0 aliphatic rings. The van der Waals surface area contributed by atoms with Crippen LogP contribution in [0.15, 0.2) is 48.5 Å². The predicted octanol–water partition coefficient (Wildman–Crippen LogP) is 5.09. The van der Waals surface area contributed by atoms with Crippen molar-refractivity contribution in [1.29, 1.82) is 0 Å². The van der Waals surface area contributed by atoms with Gasteiger partial charge in [0.25, 0.3) is 0 Å². The Kier molecular flexibility index (Phi) is 5.23. The molecule has 0 fully saturated rings. The zero-order valence-electron chi connectivity index (χ0n) is 12.7. The first kappa shape index (κ1) is 16.3. The van der Waals surface area contributed by atoms with Crippen LogP contribution in [0.2, 0.25) is 5.02 Å². The second-order valence-electron chi connectivity index (χ2n) is 6.27. The van der Waals surface area contributed by atoms with Crippen molar-refractivity contribution in [3.05, 3.63) is 70.2 Å². The summed E-state index contributed by atoms with van der Waals surface area (Å²) >= 11 is 6.11. The largest absolute Gasteiger partial charge is 0.259 e. The third-order valence-corrected chi connectivity index (χ3v) is 5.08. The Balaban J connectivity index is 2.02. The predicted molar refractivity (Wildman–Crippen MR) is 92.1 cm³/mol. The minimum absolute atomic E-state index is 0.148. The number of rotatable bonds is 4. The molecule has 112 valence electrons. The van der Waals surface area contributed by atoms with Gasteiger partial charge in [-0.1, -0.05) is 74.8 Å². The molecule has 0 aliphatic carbocycles. The van der Waals surface area contributed by atoms with E-state index in [0.29, 0.717) is 16.5 Å². The summed E-state index contributed by atoms with van der Waals surface area (Å²) in [5.74, 6) is 1.07. The number of halogens is 1. The van der Waals surface area contributed by atoms with Crippen molar-refractivity contribution in [2.24, 2.45) is 0 Å². The van der Waals surface area contributed by atoms with Crippen LogP contribution in [0.4, 0.5) is 0 Å².